The molecule has 0 bridgehead atoms. The summed E-state index contributed by atoms with van der Waals surface area (Å²) >= 11 is 3.43. The van der Waals surface area contributed by atoms with Gasteiger partial charge in [-0.3, -0.25) is 0 Å². The van der Waals surface area contributed by atoms with Gasteiger partial charge in [-0.15, -0.1) is 12.4 Å². The lowest BCUT2D eigenvalue weighted by molar-refractivity contribution is 0.957. The minimum absolute atomic E-state index is 0. The van der Waals surface area contributed by atoms with Crippen LogP contribution in [0.2, 0.25) is 0 Å². The first-order valence-electron chi connectivity index (χ1n) is 3.69. The number of benzene rings is 1. The van der Waals surface area contributed by atoms with Crippen molar-refractivity contribution in [3.8, 4) is 0 Å². The van der Waals surface area contributed by atoms with Crippen molar-refractivity contribution in [2.24, 2.45) is 5.73 Å². The molecule has 0 saturated heterocycles. The van der Waals surface area contributed by atoms with Gasteiger partial charge in [-0.2, -0.15) is 0 Å². The van der Waals surface area contributed by atoms with Gasteiger partial charge in [-0.25, -0.2) is 0 Å². The Morgan fingerprint density at radius 3 is 2.67 bits per heavy atom. The van der Waals surface area contributed by atoms with Crippen molar-refractivity contribution in [3.05, 3.63) is 33.8 Å². The average Bonchev–Trinajstić information content (AvgIpc) is 1.98. The summed E-state index contributed by atoms with van der Waals surface area (Å²) in [5.74, 6) is 0. The molecule has 0 aliphatic heterocycles. The van der Waals surface area contributed by atoms with Crippen LogP contribution in [-0.4, -0.2) is 6.54 Å². The Morgan fingerprint density at radius 1 is 1.42 bits per heavy atom. The van der Waals surface area contributed by atoms with E-state index in [1.54, 1.807) is 0 Å². The first-order chi connectivity index (χ1) is 5.24. The van der Waals surface area contributed by atoms with Crippen molar-refractivity contribution >= 4 is 28.3 Å². The van der Waals surface area contributed by atoms with Crippen LogP contribution in [0.4, 0.5) is 0 Å². The summed E-state index contributed by atoms with van der Waals surface area (Å²) in [6.07, 6.45) is 0.964. The third-order valence-corrected chi connectivity index (χ3v) is 2.22. The minimum atomic E-state index is 0. The average molecular weight is 251 g/mol. The van der Waals surface area contributed by atoms with Gasteiger partial charge in [0.05, 0.1) is 0 Å². The normalized spacial score (nSPS) is 9.25. The van der Waals surface area contributed by atoms with E-state index in [-0.39, 0.29) is 12.4 Å². The number of aryl methyl sites for hydroxylation is 1. The molecule has 0 aliphatic rings. The van der Waals surface area contributed by atoms with Crippen molar-refractivity contribution in [1.82, 2.24) is 0 Å². The maximum Gasteiger partial charge on any atom is 0.0178 e. The van der Waals surface area contributed by atoms with Crippen LogP contribution in [-0.2, 0) is 6.42 Å². The number of hydrogen-bond donors (Lipinski definition) is 1. The molecule has 0 amide bonds. The molecule has 3 heteroatoms. The minimum Gasteiger partial charge on any atom is -0.330 e. The molecule has 1 nitrogen and oxygen atoms in total. The van der Waals surface area contributed by atoms with Crippen molar-refractivity contribution in [3.63, 3.8) is 0 Å². The van der Waals surface area contributed by atoms with E-state index in [9.17, 15) is 0 Å². The molecule has 2 N–H and O–H groups in total. The molecule has 0 saturated carbocycles. The van der Waals surface area contributed by atoms with E-state index in [1.165, 1.54) is 11.1 Å². The van der Waals surface area contributed by atoms with Crippen molar-refractivity contribution in [1.29, 1.82) is 0 Å². The highest BCUT2D eigenvalue weighted by Crippen LogP contribution is 2.15. The van der Waals surface area contributed by atoms with E-state index >= 15 is 0 Å². The third-order valence-electron chi connectivity index (χ3n) is 1.72. The van der Waals surface area contributed by atoms with Gasteiger partial charge in [0.25, 0.3) is 0 Å². The lowest BCUT2D eigenvalue weighted by atomic mass is 10.1. The smallest absolute Gasteiger partial charge is 0.0178 e. The number of nitrogens with two attached hydrogens (primary N) is 1. The Morgan fingerprint density at radius 2 is 2.08 bits per heavy atom. The van der Waals surface area contributed by atoms with Crippen LogP contribution in [0.15, 0.2) is 22.7 Å². The fourth-order valence-electron chi connectivity index (χ4n) is 1.06. The topological polar surface area (TPSA) is 26.0 Å². The maximum absolute atomic E-state index is 5.46. The molecule has 12 heavy (non-hydrogen) atoms. The van der Waals surface area contributed by atoms with E-state index in [0.29, 0.717) is 0 Å². The third kappa shape index (κ3) is 3.13. The summed E-state index contributed by atoms with van der Waals surface area (Å²) in [4.78, 5) is 0. The summed E-state index contributed by atoms with van der Waals surface area (Å²) in [5, 5.41) is 0. The number of hydrogen-bond acceptors (Lipinski definition) is 1. The quantitative estimate of drug-likeness (QED) is 0.858. The van der Waals surface area contributed by atoms with E-state index < -0.39 is 0 Å². The summed E-state index contributed by atoms with van der Waals surface area (Å²) in [7, 11) is 0. The van der Waals surface area contributed by atoms with Crippen LogP contribution in [0, 0.1) is 6.92 Å². The highest BCUT2D eigenvalue weighted by Gasteiger charge is 1.96. The molecule has 0 fully saturated rings. The zero-order valence-electron chi connectivity index (χ0n) is 7.01. The summed E-state index contributed by atoms with van der Waals surface area (Å²) in [6.45, 7) is 2.83. The van der Waals surface area contributed by atoms with Gasteiger partial charge < -0.3 is 5.73 Å². The Bertz CT molecular complexity index is 250. The second-order valence-corrected chi connectivity index (χ2v) is 3.53. The first-order valence-corrected chi connectivity index (χ1v) is 4.48. The van der Waals surface area contributed by atoms with Crippen LogP contribution in [0.25, 0.3) is 0 Å². The molecule has 0 aliphatic carbocycles. The predicted octanol–water partition coefficient (Wildman–Crippen LogP) is 2.68. The summed E-state index contributed by atoms with van der Waals surface area (Å²) in [6, 6.07) is 6.28. The van der Waals surface area contributed by atoms with E-state index in [0.717, 1.165) is 17.4 Å². The molecule has 1 aromatic rings. The van der Waals surface area contributed by atoms with Crippen LogP contribution < -0.4 is 5.73 Å². The van der Waals surface area contributed by atoms with Crippen molar-refractivity contribution < 1.29 is 0 Å². The standard InChI is InChI=1S/C9H12BrN.ClH/c1-7-2-3-9(10)6-8(7)4-5-11;/h2-3,6H,4-5,11H2,1H3;1H. The van der Waals surface area contributed by atoms with Gasteiger partial charge in [-0.05, 0) is 43.1 Å². The van der Waals surface area contributed by atoms with Gasteiger partial charge in [0.1, 0.15) is 0 Å². The largest absolute Gasteiger partial charge is 0.330 e. The summed E-state index contributed by atoms with van der Waals surface area (Å²) < 4.78 is 1.13. The van der Waals surface area contributed by atoms with Gasteiger partial charge >= 0.3 is 0 Å². The zero-order chi connectivity index (χ0) is 8.27. The number of halogens is 2. The van der Waals surface area contributed by atoms with Gasteiger partial charge in [0.15, 0.2) is 0 Å². The molecular formula is C9H13BrClN. The molecule has 0 spiro atoms. The van der Waals surface area contributed by atoms with Crippen LogP contribution in [0.3, 0.4) is 0 Å². The second-order valence-electron chi connectivity index (χ2n) is 2.61. The van der Waals surface area contributed by atoms with Gasteiger partial charge in [0, 0.05) is 4.47 Å². The molecular weight excluding hydrogens is 237 g/mol. The Labute approximate surface area is 87.9 Å². The Kier molecular flexibility index (Phi) is 5.55. The monoisotopic (exact) mass is 249 g/mol. The van der Waals surface area contributed by atoms with Gasteiger partial charge in [-0.1, -0.05) is 22.0 Å². The Hall–Kier alpha value is -0.0500. The van der Waals surface area contributed by atoms with Crippen LogP contribution in [0.1, 0.15) is 11.1 Å². The molecule has 1 rings (SSSR count). The molecule has 0 radical (unpaired) electrons. The van der Waals surface area contributed by atoms with E-state index in [1.807, 2.05) is 0 Å². The first kappa shape index (κ1) is 11.9. The maximum atomic E-state index is 5.46. The number of rotatable bonds is 2. The molecule has 0 heterocycles. The van der Waals surface area contributed by atoms with Crippen molar-refractivity contribution in [2.75, 3.05) is 6.54 Å². The second kappa shape index (κ2) is 5.57. The van der Waals surface area contributed by atoms with Crippen molar-refractivity contribution in [2.45, 2.75) is 13.3 Å². The molecule has 1 aromatic carbocycles. The SMILES string of the molecule is Cc1ccc(Br)cc1CCN.Cl. The Balaban J connectivity index is 0.00000121. The van der Waals surface area contributed by atoms with E-state index in [4.69, 9.17) is 5.73 Å². The zero-order valence-corrected chi connectivity index (χ0v) is 9.41. The fraction of sp³-hybridized carbons (Fsp3) is 0.333. The van der Waals surface area contributed by atoms with Gasteiger partial charge in [0.2, 0.25) is 0 Å². The molecule has 68 valence electrons. The fourth-order valence-corrected chi connectivity index (χ4v) is 1.47. The molecule has 0 unspecified atom stereocenters. The molecule has 0 aromatic heterocycles. The lowest BCUT2D eigenvalue weighted by Crippen LogP contribution is -2.03. The van der Waals surface area contributed by atoms with E-state index in [2.05, 4.69) is 41.1 Å². The lowest BCUT2D eigenvalue weighted by Gasteiger charge is -2.03. The summed E-state index contributed by atoms with van der Waals surface area (Å²) in [5.41, 5.74) is 8.12. The van der Waals surface area contributed by atoms with Crippen LogP contribution in [0.5, 0.6) is 0 Å². The van der Waals surface area contributed by atoms with Crippen LogP contribution >= 0.6 is 28.3 Å². The predicted molar refractivity (Wildman–Crippen MR) is 58.9 cm³/mol. The molecule has 0 atom stereocenters. The highest BCUT2D eigenvalue weighted by atomic mass is 79.9. The highest BCUT2D eigenvalue weighted by molar-refractivity contribution is 9.10.